The van der Waals surface area contributed by atoms with E-state index in [1.807, 2.05) is 31.2 Å². The summed E-state index contributed by atoms with van der Waals surface area (Å²) in [6.07, 6.45) is 1.57. The fraction of sp³-hybridized carbons (Fsp3) is 0.0625. The van der Waals surface area contributed by atoms with Crippen LogP contribution in [0, 0.1) is 6.92 Å². The van der Waals surface area contributed by atoms with E-state index in [2.05, 4.69) is 21.2 Å². The molecule has 0 spiro atoms. The van der Waals surface area contributed by atoms with Gasteiger partial charge in [0.25, 0.3) is 11.8 Å². The van der Waals surface area contributed by atoms with Crippen LogP contribution in [0.5, 0.6) is 5.75 Å². The van der Waals surface area contributed by atoms with Gasteiger partial charge in [0.15, 0.2) is 0 Å². The first-order chi connectivity index (χ1) is 19.4. The van der Waals surface area contributed by atoms with Crippen molar-refractivity contribution in [1.29, 1.82) is 0 Å². The Bertz CT molecular complexity index is 1660. The van der Waals surface area contributed by atoms with Crippen LogP contribution in [0.25, 0.3) is 6.08 Å². The maximum absolute atomic E-state index is 13.5. The number of para-hydroxylation sites is 1. The standard InChI is InChI=1S/C32H26N4O4/c1-20-17-27(28(40-2)19-26(20)34-31(38)21-11-5-3-6-12-21)35-36-29-24-16-10-9-13-22(24)18-25(30(29)37)32(39)33-23-14-7-4-8-15-23/h3-19,35H,1-2H3,(H,33,39)(H,34,38)/b36-29-. The number of hydrogen-bond acceptors (Lipinski definition) is 6. The summed E-state index contributed by atoms with van der Waals surface area (Å²) in [5.74, 6) is -0.871. The van der Waals surface area contributed by atoms with Gasteiger partial charge in [0, 0.05) is 28.6 Å². The molecule has 0 aliphatic heterocycles. The molecular weight excluding hydrogens is 504 g/mol. The highest BCUT2D eigenvalue weighted by Gasteiger charge is 2.30. The van der Waals surface area contributed by atoms with Crippen LogP contribution in [0.3, 0.4) is 0 Å². The smallest absolute Gasteiger partial charge is 0.259 e. The number of ketones is 1. The second-order valence-corrected chi connectivity index (χ2v) is 9.05. The van der Waals surface area contributed by atoms with Crippen molar-refractivity contribution in [1.82, 2.24) is 0 Å². The summed E-state index contributed by atoms with van der Waals surface area (Å²) in [5.41, 5.74) is 7.23. The minimum atomic E-state index is -0.523. The number of Topliss-reactive ketones (excluding diaryl/α,β-unsaturated/α-hetero) is 1. The molecule has 0 unspecified atom stereocenters. The number of rotatable bonds is 7. The summed E-state index contributed by atoms with van der Waals surface area (Å²) in [7, 11) is 1.50. The van der Waals surface area contributed by atoms with Crippen LogP contribution >= 0.6 is 0 Å². The van der Waals surface area contributed by atoms with Crippen LogP contribution < -0.4 is 20.8 Å². The largest absolute Gasteiger partial charge is 0.494 e. The van der Waals surface area contributed by atoms with Crippen LogP contribution in [0.4, 0.5) is 17.1 Å². The van der Waals surface area contributed by atoms with E-state index in [0.29, 0.717) is 39.5 Å². The van der Waals surface area contributed by atoms with Crippen LogP contribution in [-0.4, -0.2) is 30.4 Å². The Kier molecular flexibility index (Phi) is 7.50. The van der Waals surface area contributed by atoms with E-state index in [9.17, 15) is 14.4 Å². The third-order valence-corrected chi connectivity index (χ3v) is 6.37. The number of carbonyl (C=O) groups excluding carboxylic acids is 3. The number of carbonyl (C=O) groups is 3. The van der Waals surface area contributed by atoms with Gasteiger partial charge in [-0.25, -0.2) is 0 Å². The SMILES string of the molecule is COc1cc(NC(=O)c2ccccc2)c(C)cc1N/N=C1\C(=O)C(C(=O)Nc2ccccc2)=Cc2ccccc21. The molecule has 0 bridgehead atoms. The molecule has 0 aromatic heterocycles. The number of hydrazone groups is 1. The minimum Gasteiger partial charge on any atom is -0.494 e. The second kappa shape index (κ2) is 11.5. The number of methoxy groups -OCH3 is 1. The van der Waals surface area contributed by atoms with Gasteiger partial charge in [-0.15, -0.1) is 0 Å². The molecule has 1 aliphatic carbocycles. The highest BCUT2D eigenvalue weighted by atomic mass is 16.5. The highest BCUT2D eigenvalue weighted by molar-refractivity contribution is 6.59. The lowest BCUT2D eigenvalue weighted by molar-refractivity contribution is -0.116. The quantitative estimate of drug-likeness (QED) is 0.211. The fourth-order valence-corrected chi connectivity index (χ4v) is 4.29. The van der Waals surface area contributed by atoms with Crippen molar-refractivity contribution < 1.29 is 19.1 Å². The number of nitrogens with one attached hydrogen (secondary N) is 3. The van der Waals surface area contributed by atoms with E-state index in [0.717, 1.165) is 5.56 Å². The summed E-state index contributed by atoms with van der Waals surface area (Å²) in [6.45, 7) is 1.84. The van der Waals surface area contributed by atoms with Crippen molar-refractivity contribution in [2.45, 2.75) is 6.92 Å². The maximum atomic E-state index is 13.5. The molecule has 0 heterocycles. The lowest BCUT2D eigenvalue weighted by atomic mass is 9.89. The number of aryl methyl sites for hydroxylation is 1. The number of hydrogen-bond donors (Lipinski definition) is 3. The fourth-order valence-electron chi connectivity index (χ4n) is 4.29. The average Bonchev–Trinajstić information content (AvgIpc) is 2.98. The van der Waals surface area contributed by atoms with Gasteiger partial charge in [-0.3, -0.25) is 19.8 Å². The van der Waals surface area contributed by atoms with Gasteiger partial charge in [-0.05, 0) is 54.5 Å². The van der Waals surface area contributed by atoms with E-state index >= 15 is 0 Å². The Morgan fingerprint density at radius 2 is 1.45 bits per heavy atom. The van der Waals surface area contributed by atoms with Crippen molar-refractivity contribution in [3.63, 3.8) is 0 Å². The Labute approximate surface area is 231 Å². The van der Waals surface area contributed by atoms with Crippen LogP contribution in [-0.2, 0) is 9.59 Å². The lowest BCUT2D eigenvalue weighted by Gasteiger charge is -2.18. The number of ether oxygens (including phenoxy) is 1. The summed E-state index contributed by atoms with van der Waals surface area (Å²) >= 11 is 0. The molecule has 4 aromatic carbocycles. The molecule has 0 fully saturated rings. The van der Waals surface area contributed by atoms with Gasteiger partial charge in [0.05, 0.1) is 18.4 Å². The predicted octanol–water partition coefficient (Wildman–Crippen LogP) is 5.68. The van der Waals surface area contributed by atoms with Crippen molar-refractivity contribution in [3.05, 3.63) is 125 Å². The monoisotopic (exact) mass is 530 g/mol. The highest BCUT2D eigenvalue weighted by Crippen LogP contribution is 2.32. The van der Waals surface area contributed by atoms with Gasteiger partial charge >= 0.3 is 0 Å². The number of benzene rings is 4. The molecule has 0 radical (unpaired) electrons. The van der Waals surface area contributed by atoms with Gasteiger partial charge in [0.1, 0.15) is 11.5 Å². The number of fused-ring (bicyclic) bond motifs is 1. The predicted molar refractivity (Wildman–Crippen MR) is 157 cm³/mol. The minimum absolute atomic E-state index is 0.0229. The molecule has 40 heavy (non-hydrogen) atoms. The Morgan fingerprint density at radius 3 is 2.17 bits per heavy atom. The van der Waals surface area contributed by atoms with Gasteiger partial charge in [-0.1, -0.05) is 60.7 Å². The summed E-state index contributed by atoms with van der Waals surface area (Å²) in [4.78, 5) is 39.2. The Balaban J connectivity index is 1.42. The molecule has 3 N–H and O–H groups in total. The number of nitrogens with zero attached hydrogens (tertiary/aromatic N) is 1. The first kappa shape index (κ1) is 26.1. The van der Waals surface area contributed by atoms with Gasteiger partial charge < -0.3 is 15.4 Å². The van der Waals surface area contributed by atoms with Crippen molar-refractivity contribution in [3.8, 4) is 5.75 Å². The Morgan fingerprint density at radius 1 is 0.775 bits per heavy atom. The molecule has 0 atom stereocenters. The van der Waals surface area contributed by atoms with Gasteiger partial charge in [0.2, 0.25) is 5.78 Å². The number of amides is 2. The molecule has 4 aromatic rings. The third kappa shape index (κ3) is 5.51. The summed E-state index contributed by atoms with van der Waals surface area (Å²) < 4.78 is 5.55. The van der Waals surface area contributed by atoms with Crippen LogP contribution in [0.15, 0.2) is 108 Å². The van der Waals surface area contributed by atoms with E-state index in [1.165, 1.54) is 7.11 Å². The van der Waals surface area contributed by atoms with E-state index in [4.69, 9.17) is 4.74 Å². The van der Waals surface area contributed by atoms with Crippen molar-refractivity contribution in [2.24, 2.45) is 5.10 Å². The molecule has 0 saturated carbocycles. The topological polar surface area (TPSA) is 109 Å². The average molecular weight is 531 g/mol. The second-order valence-electron chi connectivity index (χ2n) is 9.05. The molecule has 1 aliphatic rings. The maximum Gasteiger partial charge on any atom is 0.259 e. The molecule has 8 heteroatoms. The van der Waals surface area contributed by atoms with Gasteiger partial charge in [-0.2, -0.15) is 5.10 Å². The third-order valence-electron chi connectivity index (χ3n) is 6.37. The first-order valence-electron chi connectivity index (χ1n) is 12.6. The number of anilines is 3. The molecule has 0 saturated heterocycles. The molecule has 198 valence electrons. The molecule has 2 amide bonds. The zero-order valence-electron chi connectivity index (χ0n) is 21.9. The zero-order chi connectivity index (χ0) is 28.1. The van der Waals surface area contributed by atoms with Crippen molar-refractivity contribution >= 4 is 46.4 Å². The normalized spacial score (nSPS) is 13.2. The van der Waals surface area contributed by atoms with E-state index in [-0.39, 0.29) is 17.2 Å². The summed E-state index contributed by atoms with van der Waals surface area (Å²) in [5, 5.41) is 10.1. The molecule has 8 nitrogen and oxygen atoms in total. The lowest BCUT2D eigenvalue weighted by Crippen LogP contribution is -2.30. The first-order valence-corrected chi connectivity index (χ1v) is 12.6. The van der Waals surface area contributed by atoms with Crippen LogP contribution in [0.2, 0.25) is 0 Å². The summed E-state index contributed by atoms with van der Waals surface area (Å²) in [6, 6.07) is 28.5. The van der Waals surface area contributed by atoms with E-state index in [1.54, 1.807) is 78.9 Å². The zero-order valence-corrected chi connectivity index (χ0v) is 21.9. The Hall–Kier alpha value is -5.50. The molecule has 5 rings (SSSR count). The molecular formula is C32H26N4O4. The van der Waals surface area contributed by atoms with Crippen LogP contribution in [0.1, 0.15) is 27.0 Å². The van der Waals surface area contributed by atoms with Crippen molar-refractivity contribution in [2.75, 3.05) is 23.2 Å². The van der Waals surface area contributed by atoms with E-state index < -0.39 is 11.7 Å².